The Labute approximate surface area is 144 Å². The van der Waals surface area contributed by atoms with Crippen LogP contribution in [0, 0.1) is 12.7 Å². The van der Waals surface area contributed by atoms with Crippen molar-refractivity contribution in [3.8, 4) is 0 Å². The second-order valence-electron chi connectivity index (χ2n) is 7.11. The van der Waals surface area contributed by atoms with Crippen LogP contribution in [0.3, 0.4) is 0 Å². The number of anilines is 1. The molecule has 1 aliphatic carbocycles. The highest BCUT2D eigenvalue weighted by atomic mass is 19.1. The molecule has 3 heterocycles. The number of aromatic nitrogens is 2. The van der Waals surface area contributed by atoms with Crippen LogP contribution >= 0.6 is 0 Å². The van der Waals surface area contributed by atoms with Crippen molar-refractivity contribution in [2.75, 3.05) is 44.0 Å². The zero-order valence-electron chi connectivity index (χ0n) is 14.5. The average molecular weight is 347 g/mol. The third-order valence-electron chi connectivity index (χ3n) is 5.34. The number of nitrogens with zero attached hydrogens (tertiary/aromatic N) is 4. The normalized spacial score (nSPS) is 18.9. The second kappa shape index (κ2) is 5.59. The van der Waals surface area contributed by atoms with Crippen LogP contribution in [-0.4, -0.2) is 47.2 Å². The van der Waals surface area contributed by atoms with Gasteiger partial charge < -0.3 is 15.6 Å². The molecule has 134 valence electrons. The summed E-state index contributed by atoms with van der Waals surface area (Å²) in [6, 6.07) is 0. The molecular weight excluding hydrogens is 325 g/mol. The number of halogens is 1. The van der Waals surface area contributed by atoms with Gasteiger partial charge in [-0.25, -0.2) is 9.18 Å². The van der Waals surface area contributed by atoms with Gasteiger partial charge in [0.2, 0.25) is 0 Å². The van der Waals surface area contributed by atoms with Crippen molar-refractivity contribution < 1.29 is 4.39 Å². The van der Waals surface area contributed by atoms with Crippen LogP contribution in [-0.2, 0) is 0 Å². The molecule has 2 aliphatic rings. The number of nitrogens with two attached hydrogens (primary N) is 1. The third kappa shape index (κ3) is 2.43. The summed E-state index contributed by atoms with van der Waals surface area (Å²) in [7, 11) is 2.04. The summed E-state index contributed by atoms with van der Waals surface area (Å²) in [5, 5.41) is 0. The monoisotopic (exact) mass is 347 g/mol. The van der Waals surface area contributed by atoms with Gasteiger partial charge in [-0.1, -0.05) is 0 Å². The van der Waals surface area contributed by atoms with Crippen molar-refractivity contribution in [1.82, 2.24) is 14.0 Å². The zero-order valence-corrected chi connectivity index (χ0v) is 14.5. The molecule has 8 heteroatoms. The van der Waals surface area contributed by atoms with Gasteiger partial charge in [-0.15, -0.1) is 0 Å². The minimum absolute atomic E-state index is 0.0994. The molecule has 0 radical (unpaired) electrons. The molecule has 2 aromatic heterocycles. The quantitative estimate of drug-likeness (QED) is 0.789. The molecule has 0 spiro atoms. The summed E-state index contributed by atoms with van der Waals surface area (Å²) in [4.78, 5) is 29.1. The van der Waals surface area contributed by atoms with E-state index in [0.29, 0.717) is 40.1 Å². The summed E-state index contributed by atoms with van der Waals surface area (Å²) in [5.41, 5.74) is 1.01. The highest BCUT2D eigenvalue weighted by Crippen LogP contribution is 2.41. The van der Waals surface area contributed by atoms with E-state index >= 15 is 0 Å². The molecule has 25 heavy (non-hydrogen) atoms. The van der Waals surface area contributed by atoms with Gasteiger partial charge in [0.1, 0.15) is 0 Å². The van der Waals surface area contributed by atoms with Gasteiger partial charge >= 0.3 is 5.69 Å². The van der Waals surface area contributed by atoms with Crippen molar-refractivity contribution in [3.05, 3.63) is 44.0 Å². The van der Waals surface area contributed by atoms with E-state index in [1.807, 2.05) is 11.9 Å². The first-order chi connectivity index (χ1) is 11.9. The zero-order chi connectivity index (χ0) is 17.9. The predicted octanol–water partition coefficient (Wildman–Crippen LogP) is 0.252. The first-order valence-electron chi connectivity index (χ1n) is 8.59. The number of hydrogen-bond donors (Lipinski definition) is 1. The fraction of sp³-hybridized carbons (Fsp3) is 0.529. The first kappa shape index (κ1) is 16.1. The molecule has 7 nitrogen and oxygen atoms in total. The third-order valence-corrected chi connectivity index (χ3v) is 5.34. The summed E-state index contributed by atoms with van der Waals surface area (Å²) in [6.07, 6.45) is 2.96. The average Bonchev–Trinajstić information content (AvgIpc) is 3.41. The Hall–Kier alpha value is -2.35. The standard InChI is InChI=1S/C17H22FN5O2/c1-10-14(21-7-5-20(2)6-8-21)12(18)9-22-15(10)13(11-3-4-11)16(24)23(19)17(22)25/h9,11H,3-8,19H2,1-2H3. The Morgan fingerprint density at radius 3 is 2.40 bits per heavy atom. The van der Waals surface area contributed by atoms with E-state index in [-0.39, 0.29) is 5.92 Å². The predicted molar refractivity (Wildman–Crippen MR) is 94.5 cm³/mol. The van der Waals surface area contributed by atoms with Gasteiger partial charge in [-0.2, -0.15) is 4.68 Å². The Bertz CT molecular complexity index is 968. The summed E-state index contributed by atoms with van der Waals surface area (Å²) in [6.45, 7) is 4.90. The highest BCUT2D eigenvalue weighted by Gasteiger charge is 2.32. The molecule has 0 bridgehead atoms. The minimum Gasteiger partial charge on any atom is -0.366 e. The summed E-state index contributed by atoms with van der Waals surface area (Å²) < 4.78 is 16.7. The molecule has 0 amide bonds. The van der Waals surface area contributed by atoms with Gasteiger partial charge in [-0.05, 0) is 32.7 Å². The molecule has 1 saturated heterocycles. The van der Waals surface area contributed by atoms with E-state index in [0.717, 1.165) is 25.9 Å². The number of piperazine rings is 1. The maximum atomic E-state index is 14.9. The molecule has 0 unspecified atom stereocenters. The number of aryl methyl sites for hydroxylation is 1. The fourth-order valence-electron chi connectivity index (χ4n) is 3.79. The van der Waals surface area contributed by atoms with Crippen LogP contribution < -0.4 is 22.0 Å². The second-order valence-corrected chi connectivity index (χ2v) is 7.11. The van der Waals surface area contributed by atoms with Gasteiger partial charge in [0.15, 0.2) is 5.82 Å². The van der Waals surface area contributed by atoms with Crippen molar-refractivity contribution in [2.24, 2.45) is 0 Å². The fourth-order valence-corrected chi connectivity index (χ4v) is 3.79. The molecule has 1 aliphatic heterocycles. The maximum Gasteiger partial charge on any atom is 0.354 e. The maximum absolute atomic E-state index is 14.9. The van der Waals surface area contributed by atoms with Crippen LogP contribution in [0.1, 0.15) is 29.9 Å². The van der Waals surface area contributed by atoms with Crippen molar-refractivity contribution in [2.45, 2.75) is 25.7 Å². The van der Waals surface area contributed by atoms with Crippen molar-refractivity contribution in [1.29, 1.82) is 0 Å². The summed E-state index contributed by atoms with van der Waals surface area (Å²) in [5.74, 6) is 5.28. The number of likely N-dealkylation sites (N-methyl/N-ethyl adjacent to an activating group) is 1. The van der Waals surface area contributed by atoms with E-state index in [9.17, 15) is 14.0 Å². The van der Waals surface area contributed by atoms with Crippen molar-refractivity contribution in [3.63, 3.8) is 0 Å². The molecule has 0 aromatic carbocycles. The lowest BCUT2D eigenvalue weighted by molar-refractivity contribution is 0.311. The van der Waals surface area contributed by atoms with Crippen LogP contribution in [0.2, 0.25) is 0 Å². The van der Waals surface area contributed by atoms with E-state index in [1.54, 1.807) is 6.92 Å². The van der Waals surface area contributed by atoms with Gasteiger partial charge in [0.25, 0.3) is 5.56 Å². The number of nitrogen functional groups attached to an aromatic ring is 1. The van der Waals surface area contributed by atoms with E-state index in [4.69, 9.17) is 5.84 Å². The SMILES string of the molecule is Cc1c(N2CCN(C)CC2)c(F)cn2c(=O)n(N)c(=O)c(C3CC3)c12. The molecule has 2 N–H and O–H groups in total. The summed E-state index contributed by atoms with van der Waals surface area (Å²) >= 11 is 0. The van der Waals surface area contributed by atoms with Gasteiger partial charge in [-0.3, -0.25) is 9.20 Å². The van der Waals surface area contributed by atoms with E-state index < -0.39 is 17.1 Å². The molecule has 1 saturated carbocycles. The largest absolute Gasteiger partial charge is 0.366 e. The number of rotatable bonds is 2. The minimum atomic E-state index is -0.712. The topological polar surface area (TPSA) is 76.0 Å². The first-order valence-corrected chi connectivity index (χ1v) is 8.59. The van der Waals surface area contributed by atoms with E-state index in [2.05, 4.69) is 4.90 Å². The Kier molecular flexibility index (Phi) is 3.61. The molecule has 0 atom stereocenters. The van der Waals surface area contributed by atoms with Crippen molar-refractivity contribution >= 4 is 11.2 Å². The van der Waals surface area contributed by atoms with Crippen LogP contribution in [0.5, 0.6) is 0 Å². The number of fused-ring (bicyclic) bond motifs is 1. The van der Waals surface area contributed by atoms with E-state index in [1.165, 1.54) is 10.6 Å². The lowest BCUT2D eigenvalue weighted by Gasteiger charge is -2.35. The number of hydrogen-bond acceptors (Lipinski definition) is 5. The smallest absolute Gasteiger partial charge is 0.354 e. The Morgan fingerprint density at radius 1 is 1.16 bits per heavy atom. The lowest BCUT2D eigenvalue weighted by Crippen LogP contribution is -2.46. The highest BCUT2D eigenvalue weighted by molar-refractivity contribution is 5.72. The molecule has 2 fully saturated rings. The Balaban J connectivity index is 2.01. The lowest BCUT2D eigenvalue weighted by atomic mass is 10.1. The molecule has 4 rings (SSSR count). The number of pyridine rings is 1. The molecular formula is C17H22FN5O2. The Morgan fingerprint density at radius 2 is 1.80 bits per heavy atom. The van der Waals surface area contributed by atoms with Crippen LogP contribution in [0.25, 0.3) is 5.52 Å². The van der Waals surface area contributed by atoms with Crippen LogP contribution in [0.15, 0.2) is 15.8 Å². The molecule has 2 aromatic rings. The van der Waals surface area contributed by atoms with Gasteiger partial charge in [0.05, 0.1) is 17.4 Å². The van der Waals surface area contributed by atoms with Crippen LogP contribution in [0.4, 0.5) is 10.1 Å². The van der Waals surface area contributed by atoms with Gasteiger partial charge in [0, 0.05) is 37.3 Å².